The van der Waals surface area contributed by atoms with Gasteiger partial charge in [-0.05, 0) is 30.0 Å². The molecule has 0 spiro atoms. The number of halogens is 1. The fraction of sp³-hybridized carbons (Fsp3) is 0.438. The number of alkyl halides is 1. The molecule has 2 aromatic rings. The summed E-state index contributed by atoms with van der Waals surface area (Å²) in [7, 11) is 1.90. The predicted octanol–water partition coefficient (Wildman–Crippen LogP) is 4.71. The van der Waals surface area contributed by atoms with Crippen molar-refractivity contribution in [2.75, 3.05) is 0 Å². The van der Waals surface area contributed by atoms with E-state index in [-0.39, 0.29) is 5.41 Å². The number of hydrogen-bond donors (Lipinski definition) is 0. The number of hydrogen-bond acceptors (Lipinski definition) is 2. The van der Waals surface area contributed by atoms with E-state index in [1.807, 2.05) is 26.1 Å². The van der Waals surface area contributed by atoms with E-state index in [1.165, 1.54) is 5.56 Å². The Hall–Kier alpha value is -1.29. The van der Waals surface area contributed by atoms with Crippen LogP contribution >= 0.6 is 15.9 Å². The molecule has 0 saturated heterocycles. The first-order valence-corrected chi connectivity index (χ1v) is 7.82. The Morgan fingerprint density at radius 3 is 2.60 bits per heavy atom. The van der Waals surface area contributed by atoms with Crippen LogP contribution in [-0.2, 0) is 17.8 Å². The fourth-order valence-corrected chi connectivity index (χ4v) is 2.75. The number of benzene rings is 1. The zero-order valence-electron chi connectivity index (χ0n) is 12.7. The number of rotatable bonds is 3. The molecule has 4 heteroatoms. The molecule has 3 nitrogen and oxygen atoms in total. The molecule has 0 aliphatic rings. The topological polar surface area (TPSA) is 27.1 Å². The van der Waals surface area contributed by atoms with Crippen LogP contribution in [0, 0.1) is 6.92 Å². The highest BCUT2D eigenvalue weighted by Crippen LogP contribution is 2.31. The monoisotopic (exact) mass is 336 g/mol. The molecule has 0 fully saturated rings. The lowest BCUT2D eigenvalue weighted by Crippen LogP contribution is -2.10. The van der Waals surface area contributed by atoms with E-state index in [2.05, 4.69) is 53.9 Å². The largest absolute Gasteiger partial charge is 0.439 e. The molecule has 0 N–H and O–H groups in total. The van der Waals surface area contributed by atoms with E-state index in [0.29, 0.717) is 0 Å². The van der Waals surface area contributed by atoms with Crippen LogP contribution in [0.1, 0.15) is 37.6 Å². The SMILES string of the molecule is Cc1nn(C)c(Oc2cccc(C(C)(C)C)c2)c1CBr. The van der Waals surface area contributed by atoms with Crippen molar-refractivity contribution in [1.82, 2.24) is 9.78 Å². The molecule has 1 heterocycles. The molecule has 0 saturated carbocycles. The van der Waals surface area contributed by atoms with Gasteiger partial charge in [0.15, 0.2) is 0 Å². The van der Waals surface area contributed by atoms with Gasteiger partial charge in [0, 0.05) is 17.9 Å². The summed E-state index contributed by atoms with van der Waals surface area (Å²) >= 11 is 3.50. The second-order valence-electron chi connectivity index (χ2n) is 6.01. The zero-order chi connectivity index (χ0) is 14.9. The van der Waals surface area contributed by atoms with Crippen LogP contribution in [0.2, 0.25) is 0 Å². The number of ether oxygens (including phenoxy) is 1. The normalized spacial score (nSPS) is 11.7. The lowest BCUT2D eigenvalue weighted by atomic mass is 9.87. The predicted molar refractivity (Wildman–Crippen MR) is 85.8 cm³/mol. The van der Waals surface area contributed by atoms with Gasteiger partial charge >= 0.3 is 0 Å². The summed E-state index contributed by atoms with van der Waals surface area (Å²) in [5.74, 6) is 1.65. The summed E-state index contributed by atoms with van der Waals surface area (Å²) in [5, 5.41) is 5.15. The third-order valence-electron chi connectivity index (χ3n) is 3.34. The maximum atomic E-state index is 6.06. The average molecular weight is 337 g/mol. The third-order valence-corrected chi connectivity index (χ3v) is 3.90. The first-order chi connectivity index (χ1) is 9.32. The Balaban J connectivity index is 2.36. The van der Waals surface area contributed by atoms with E-state index in [1.54, 1.807) is 4.68 Å². The molecule has 0 amide bonds. The Morgan fingerprint density at radius 2 is 2.00 bits per heavy atom. The van der Waals surface area contributed by atoms with Crippen molar-refractivity contribution in [2.45, 2.75) is 38.4 Å². The van der Waals surface area contributed by atoms with Gasteiger partial charge in [-0.3, -0.25) is 0 Å². The summed E-state index contributed by atoms with van der Waals surface area (Å²) in [6, 6.07) is 8.25. The molecule has 0 aliphatic carbocycles. The maximum Gasteiger partial charge on any atom is 0.221 e. The Kier molecular flexibility index (Phi) is 4.23. The van der Waals surface area contributed by atoms with Crippen LogP contribution in [0.25, 0.3) is 0 Å². The van der Waals surface area contributed by atoms with Crippen LogP contribution in [0.15, 0.2) is 24.3 Å². The molecule has 20 heavy (non-hydrogen) atoms. The molecular weight excluding hydrogens is 316 g/mol. The second kappa shape index (κ2) is 5.60. The third kappa shape index (κ3) is 3.06. The van der Waals surface area contributed by atoms with E-state index in [9.17, 15) is 0 Å². The fourth-order valence-electron chi connectivity index (χ4n) is 2.10. The smallest absolute Gasteiger partial charge is 0.221 e. The summed E-state index contributed by atoms with van der Waals surface area (Å²) in [4.78, 5) is 0. The van der Waals surface area contributed by atoms with Crippen molar-refractivity contribution in [3.63, 3.8) is 0 Å². The van der Waals surface area contributed by atoms with Crippen molar-refractivity contribution in [3.8, 4) is 11.6 Å². The highest BCUT2D eigenvalue weighted by atomic mass is 79.9. The molecule has 2 rings (SSSR count). The Labute approximate surface area is 129 Å². The van der Waals surface area contributed by atoms with Crippen molar-refractivity contribution >= 4 is 15.9 Å². The minimum Gasteiger partial charge on any atom is -0.439 e. The molecule has 0 radical (unpaired) electrons. The van der Waals surface area contributed by atoms with Gasteiger partial charge in [0.2, 0.25) is 5.88 Å². The van der Waals surface area contributed by atoms with E-state index in [4.69, 9.17) is 4.74 Å². The van der Waals surface area contributed by atoms with Crippen molar-refractivity contribution in [2.24, 2.45) is 7.05 Å². The summed E-state index contributed by atoms with van der Waals surface area (Å²) < 4.78 is 7.85. The first kappa shape index (κ1) is 15.1. The van der Waals surface area contributed by atoms with Crippen molar-refractivity contribution < 1.29 is 4.74 Å². The molecule has 1 aromatic carbocycles. The zero-order valence-corrected chi connectivity index (χ0v) is 14.3. The molecule has 1 aromatic heterocycles. The van der Waals surface area contributed by atoms with Crippen molar-refractivity contribution in [1.29, 1.82) is 0 Å². The highest BCUT2D eigenvalue weighted by Gasteiger charge is 2.17. The Bertz CT molecular complexity index is 611. The van der Waals surface area contributed by atoms with Gasteiger partial charge in [0.25, 0.3) is 0 Å². The summed E-state index contributed by atoms with van der Waals surface area (Å²) in [5.41, 5.74) is 3.45. The van der Waals surface area contributed by atoms with Crippen LogP contribution in [-0.4, -0.2) is 9.78 Å². The molecule has 0 unspecified atom stereocenters. The van der Waals surface area contributed by atoms with Crippen molar-refractivity contribution in [3.05, 3.63) is 41.1 Å². The van der Waals surface area contributed by atoms with Gasteiger partial charge in [0.05, 0.1) is 5.69 Å². The van der Waals surface area contributed by atoms with E-state index < -0.39 is 0 Å². The first-order valence-electron chi connectivity index (χ1n) is 6.69. The lowest BCUT2D eigenvalue weighted by molar-refractivity contribution is 0.425. The van der Waals surface area contributed by atoms with E-state index in [0.717, 1.165) is 28.2 Å². The Morgan fingerprint density at radius 1 is 1.30 bits per heavy atom. The van der Waals surface area contributed by atoms with Gasteiger partial charge in [-0.2, -0.15) is 5.10 Å². The lowest BCUT2D eigenvalue weighted by Gasteiger charge is -2.19. The minimum atomic E-state index is 0.111. The quantitative estimate of drug-likeness (QED) is 0.758. The van der Waals surface area contributed by atoms with Crippen LogP contribution in [0.3, 0.4) is 0 Å². The number of aryl methyl sites for hydroxylation is 2. The maximum absolute atomic E-state index is 6.06. The van der Waals surface area contributed by atoms with Gasteiger partial charge in [-0.1, -0.05) is 48.8 Å². The number of nitrogens with zero attached hydrogens (tertiary/aromatic N) is 2. The van der Waals surface area contributed by atoms with Gasteiger partial charge in [-0.25, -0.2) is 4.68 Å². The highest BCUT2D eigenvalue weighted by molar-refractivity contribution is 9.08. The second-order valence-corrected chi connectivity index (χ2v) is 6.57. The average Bonchev–Trinajstić information content (AvgIpc) is 2.63. The van der Waals surface area contributed by atoms with Crippen LogP contribution < -0.4 is 4.74 Å². The van der Waals surface area contributed by atoms with Crippen LogP contribution in [0.5, 0.6) is 11.6 Å². The summed E-state index contributed by atoms with van der Waals surface area (Å²) in [6.45, 7) is 8.59. The van der Waals surface area contributed by atoms with E-state index >= 15 is 0 Å². The number of aromatic nitrogens is 2. The van der Waals surface area contributed by atoms with Gasteiger partial charge < -0.3 is 4.74 Å². The van der Waals surface area contributed by atoms with Gasteiger partial charge in [0.1, 0.15) is 5.75 Å². The summed E-state index contributed by atoms with van der Waals surface area (Å²) in [6.07, 6.45) is 0. The molecular formula is C16H21BrN2O. The molecule has 0 bridgehead atoms. The molecule has 0 aliphatic heterocycles. The molecule has 108 valence electrons. The standard InChI is InChI=1S/C16H21BrN2O/c1-11-14(10-17)15(19(5)18-11)20-13-8-6-7-12(9-13)16(2,3)4/h6-9H,10H2,1-5H3. The van der Waals surface area contributed by atoms with Crippen LogP contribution in [0.4, 0.5) is 0 Å². The molecule has 0 atom stereocenters. The minimum absolute atomic E-state index is 0.111. The van der Waals surface area contributed by atoms with Gasteiger partial charge in [-0.15, -0.1) is 0 Å².